The van der Waals surface area contributed by atoms with Crippen LogP contribution in [0.1, 0.15) is 64.8 Å². The molecule has 0 heterocycles. The van der Waals surface area contributed by atoms with E-state index in [1.165, 1.54) is 11.1 Å². The van der Waals surface area contributed by atoms with E-state index in [1.54, 1.807) is 0 Å². The fourth-order valence-corrected chi connectivity index (χ4v) is 3.33. The van der Waals surface area contributed by atoms with Gasteiger partial charge in [-0.3, -0.25) is 0 Å². The SMILES string of the molecule is CC(C)(C)C(NNC(c1ccc(Cl)cc1)C(C)(C)C)c1ccc(Cl)cc1. The van der Waals surface area contributed by atoms with Crippen LogP contribution in [0.5, 0.6) is 0 Å². The van der Waals surface area contributed by atoms with E-state index < -0.39 is 0 Å². The lowest BCUT2D eigenvalue weighted by atomic mass is 9.81. The number of rotatable bonds is 5. The van der Waals surface area contributed by atoms with Gasteiger partial charge in [0.2, 0.25) is 0 Å². The lowest BCUT2D eigenvalue weighted by Crippen LogP contribution is -2.46. The van der Waals surface area contributed by atoms with E-state index in [2.05, 4.69) is 76.7 Å². The minimum absolute atomic E-state index is 0.0310. The van der Waals surface area contributed by atoms with Gasteiger partial charge in [0.1, 0.15) is 0 Å². The second-order valence-corrected chi connectivity index (χ2v) is 9.86. The minimum atomic E-state index is 0.0310. The van der Waals surface area contributed by atoms with Crippen molar-refractivity contribution in [3.8, 4) is 0 Å². The molecule has 2 N–H and O–H groups in total. The van der Waals surface area contributed by atoms with Crippen molar-refractivity contribution in [2.45, 2.75) is 53.6 Å². The Balaban J connectivity index is 2.26. The Morgan fingerprint density at radius 2 is 0.846 bits per heavy atom. The second kappa shape index (κ2) is 8.31. The van der Waals surface area contributed by atoms with Crippen molar-refractivity contribution in [2.75, 3.05) is 0 Å². The molecule has 2 unspecified atom stereocenters. The van der Waals surface area contributed by atoms with Gasteiger partial charge in [-0.25, -0.2) is 10.9 Å². The molecular formula is C22H30Cl2N2. The maximum Gasteiger partial charge on any atom is 0.0510 e. The highest BCUT2D eigenvalue weighted by Gasteiger charge is 2.30. The van der Waals surface area contributed by atoms with Crippen LogP contribution >= 0.6 is 23.2 Å². The summed E-state index contributed by atoms with van der Waals surface area (Å²) >= 11 is 12.1. The normalized spacial score (nSPS) is 14.9. The first-order valence-corrected chi connectivity index (χ1v) is 9.76. The molecule has 0 saturated carbocycles. The first-order valence-electron chi connectivity index (χ1n) is 9.00. The maximum atomic E-state index is 6.06. The predicted octanol–water partition coefficient (Wildman–Crippen LogP) is 6.96. The fraction of sp³-hybridized carbons (Fsp3) is 0.455. The summed E-state index contributed by atoms with van der Waals surface area (Å²) in [6.45, 7) is 13.4. The molecule has 2 atom stereocenters. The molecule has 0 radical (unpaired) electrons. The molecule has 2 aromatic rings. The fourth-order valence-electron chi connectivity index (χ4n) is 3.08. The maximum absolute atomic E-state index is 6.06. The second-order valence-electron chi connectivity index (χ2n) is 8.99. The van der Waals surface area contributed by atoms with Gasteiger partial charge in [-0.05, 0) is 46.2 Å². The average Bonchev–Trinajstić information content (AvgIpc) is 2.52. The molecule has 0 aliphatic carbocycles. The first-order chi connectivity index (χ1) is 12.0. The number of nitrogens with one attached hydrogen (secondary N) is 2. The van der Waals surface area contributed by atoms with Crippen molar-refractivity contribution >= 4 is 23.2 Å². The quantitative estimate of drug-likeness (QED) is 0.537. The zero-order valence-corrected chi connectivity index (χ0v) is 18.0. The summed E-state index contributed by atoms with van der Waals surface area (Å²) in [5, 5.41) is 1.51. The van der Waals surface area contributed by atoms with Crippen molar-refractivity contribution in [3.05, 3.63) is 69.7 Å². The standard InChI is InChI=1S/C22H30Cl2N2/c1-21(2,3)19(15-7-11-17(23)12-8-15)25-26-20(22(4,5)6)16-9-13-18(24)14-10-16/h7-14,19-20,25-26H,1-6H3. The molecule has 0 spiro atoms. The van der Waals surface area contributed by atoms with Crippen molar-refractivity contribution in [2.24, 2.45) is 10.8 Å². The van der Waals surface area contributed by atoms with Crippen LogP contribution in [0.4, 0.5) is 0 Å². The third-order valence-corrected chi connectivity index (χ3v) is 5.01. The molecule has 0 aromatic heterocycles. The Morgan fingerprint density at radius 1 is 0.577 bits per heavy atom. The molecule has 0 fully saturated rings. The predicted molar refractivity (Wildman–Crippen MR) is 114 cm³/mol. The first kappa shape index (κ1) is 21.2. The van der Waals surface area contributed by atoms with Crippen LogP contribution in [0.3, 0.4) is 0 Å². The molecule has 2 nitrogen and oxygen atoms in total. The summed E-state index contributed by atoms with van der Waals surface area (Å²) in [5.74, 6) is 0. The van der Waals surface area contributed by atoms with Gasteiger partial charge in [-0.15, -0.1) is 0 Å². The lowest BCUT2D eigenvalue weighted by Gasteiger charge is -2.38. The third-order valence-electron chi connectivity index (χ3n) is 4.51. The van der Waals surface area contributed by atoms with E-state index >= 15 is 0 Å². The molecule has 4 heteroatoms. The van der Waals surface area contributed by atoms with Crippen LogP contribution in [0.2, 0.25) is 10.0 Å². The Kier molecular flexibility index (Phi) is 6.79. The van der Waals surface area contributed by atoms with Crippen LogP contribution < -0.4 is 10.9 Å². The summed E-state index contributed by atoms with van der Waals surface area (Å²) in [7, 11) is 0. The van der Waals surface area contributed by atoms with E-state index in [0.29, 0.717) is 0 Å². The summed E-state index contributed by atoms with van der Waals surface area (Å²) in [6, 6.07) is 16.4. The smallest absolute Gasteiger partial charge is 0.0510 e. The molecule has 142 valence electrons. The van der Waals surface area contributed by atoms with E-state index in [4.69, 9.17) is 23.2 Å². The van der Waals surface area contributed by atoms with Gasteiger partial charge in [0.05, 0.1) is 12.1 Å². The van der Waals surface area contributed by atoms with Gasteiger partial charge in [0.25, 0.3) is 0 Å². The van der Waals surface area contributed by atoms with Gasteiger partial charge in [0.15, 0.2) is 0 Å². The van der Waals surface area contributed by atoms with Crippen LogP contribution in [-0.2, 0) is 0 Å². The monoisotopic (exact) mass is 392 g/mol. The summed E-state index contributed by atoms with van der Waals surface area (Å²) in [5.41, 5.74) is 9.65. The molecule has 2 aromatic carbocycles. The van der Waals surface area contributed by atoms with Gasteiger partial charge < -0.3 is 0 Å². The Labute approximate surface area is 168 Å². The molecule has 2 rings (SSSR count). The minimum Gasteiger partial charge on any atom is -0.249 e. The number of halogens is 2. The van der Waals surface area contributed by atoms with Crippen LogP contribution in [0.25, 0.3) is 0 Å². The third kappa shape index (κ3) is 5.72. The Morgan fingerprint density at radius 3 is 1.08 bits per heavy atom. The highest BCUT2D eigenvalue weighted by Crippen LogP contribution is 2.36. The van der Waals surface area contributed by atoms with Gasteiger partial charge >= 0.3 is 0 Å². The highest BCUT2D eigenvalue weighted by molar-refractivity contribution is 6.30. The largest absolute Gasteiger partial charge is 0.249 e. The summed E-state index contributed by atoms with van der Waals surface area (Å²) < 4.78 is 0. The van der Waals surface area contributed by atoms with Crippen LogP contribution in [0.15, 0.2) is 48.5 Å². The van der Waals surface area contributed by atoms with Crippen LogP contribution in [0, 0.1) is 10.8 Å². The zero-order valence-electron chi connectivity index (χ0n) is 16.5. The average molecular weight is 393 g/mol. The van der Waals surface area contributed by atoms with E-state index in [0.717, 1.165) is 10.0 Å². The number of hydrogen-bond acceptors (Lipinski definition) is 2. The molecule has 0 saturated heterocycles. The molecule has 0 bridgehead atoms. The molecule has 26 heavy (non-hydrogen) atoms. The summed E-state index contributed by atoms with van der Waals surface area (Å²) in [6.07, 6.45) is 0. The Bertz CT molecular complexity index is 631. The van der Waals surface area contributed by atoms with E-state index in [-0.39, 0.29) is 22.9 Å². The summed E-state index contributed by atoms with van der Waals surface area (Å²) in [4.78, 5) is 0. The molecule has 0 aliphatic heterocycles. The lowest BCUT2D eigenvalue weighted by molar-refractivity contribution is 0.183. The van der Waals surface area contributed by atoms with Gasteiger partial charge in [-0.1, -0.05) is 89.0 Å². The highest BCUT2D eigenvalue weighted by atomic mass is 35.5. The molecular weight excluding hydrogens is 363 g/mol. The number of hydrogen-bond donors (Lipinski definition) is 2. The number of benzene rings is 2. The topological polar surface area (TPSA) is 24.1 Å². The van der Waals surface area contributed by atoms with Crippen molar-refractivity contribution in [3.63, 3.8) is 0 Å². The van der Waals surface area contributed by atoms with Gasteiger partial charge in [0, 0.05) is 10.0 Å². The zero-order chi connectivity index (χ0) is 19.5. The van der Waals surface area contributed by atoms with Gasteiger partial charge in [-0.2, -0.15) is 0 Å². The number of hydrazine groups is 1. The van der Waals surface area contributed by atoms with Crippen LogP contribution in [-0.4, -0.2) is 0 Å². The van der Waals surface area contributed by atoms with E-state index in [9.17, 15) is 0 Å². The van der Waals surface area contributed by atoms with Crippen molar-refractivity contribution in [1.82, 2.24) is 10.9 Å². The van der Waals surface area contributed by atoms with Crippen molar-refractivity contribution in [1.29, 1.82) is 0 Å². The Hall–Kier alpha value is -1.06. The molecule has 0 amide bonds. The van der Waals surface area contributed by atoms with Crippen molar-refractivity contribution < 1.29 is 0 Å². The van der Waals surface area contributed by atoms with E-state index in [1.807, 2.05) is 24.3 Å². The molecule has 0 aliphatic rings.